The molecule has 1 aliphatic heterocycles. The maximum Gasteiger partial charge on any atom is 0.211 e. The minimum atomic E-state index is -3.08. The van der Waals surface area contributed by atoms with Crippen molar-refractivity contribution < 1.29 is 8.42 Å². The molecule has 1 atom stereocenters. The quantitative estimate of drug-likeness (QED) is 0.572. The molecule has 0 radical (unpaired) electrons. The SMILES string of the molecule is CN=C(NCC1CCN(S(C)(=O)=O)C1)N(C)Cc1cc(Br)cn1C. The van der Waals surface area contributed by atoms with Gasteiger partial charge in [-0.3, -0.25) is 4.99 Å². The summed E-state index contributed by atoms with van der Waals surface area (Å²) in [5.41, 5.74) is 1.18. The molecule has 7 nitrogen and oxygen atoms in total. The van der Waals surface area contributed by atoms with Crippen LogP contribution in [0.3, 0.4) is 0 Å². The molecule has 1 aromatic heterocycles. The Labute approximate surface area is 152 Å². The van der Waals surface area contributed by atoms with Crippen LogP contribution in [0.2, 0.25) is 0 Å². The fourth-order valence-electron chi connectivity index (χ4n) is 2.93. The second kappa shape index (κ2) is 7.88. The first-order valence-electron chi connectivity index (χ1n) is 7.88. The Morgan fingerprint density at radius 2 is 2.25 bits per heavy atom. The van der Waals surface area contributed by atoms with E-state index in [2.05, 4.69) is 41.8 Å². The van der Waals surface area contributed by atoms with E-state index >= 15 is 0 Å². The van der Waals surface area contributed by atoms with Crippen LogP contribution in [-0.2, 0) is 23.6 Å². The molecule has 2 heterocycles. The minimum Gasteiger partial charge on any atom is -0.356 e. The van der Waals surface area contributed by atoms with E-state index in [9.17, 15) is 8.42 Å². The van der Waals surface area contributed by atoms with Crippen molar-refractivity contribution in [1.82, 2.24) is 19.1 Å². The van der Waals surface area contributed by atoms with E-state index in [1.54, 1.807) is 11.4 Å². The lowest BCUT2D eigenvalue weighted by Gasteiger charge is -2.23. The summed E-state index contributed by atoms with van der Waals surface area (Å²) in [4.78, 5) is 6.39. The van der Waals surface area contributed by atoms with Gasteiger partial charge in [0.2, 0.25) is 10.0 Å². The smallest absolute Gasteiger partial charge is 0.211 e. The monoisotopic (exact) mass is 419 g/mol. The summed E-state index contributed by atoms with van der Waals surface area (Å²) >= 11 is 3.49. The molecule has 0 saturated carbocycles. The van der Waals surface area contributed by atoms with Crippen LogP contribution in [0.15, 0.2) is 21.7 Å². The predicted molar refractivity (Wildman–Crippen MR) is 100 cm³/mol. The van der Waals surface area contributed by atoms with Gasteiger partial charge in [-0.25, -0.2) is 12.7 Å². The summed E-state index contributed by atoms with van der Waals surface area (Å²) in [5, 5.41) is 3.36. The largest absolute Gasteiger partial charge is 0.356 e. The van der Waals surface area contributed by atoms with Crippen molar-refractivity contribution >= 4 is 31.9 Å². The number of aromatic nitrogens is 1. The zero-order valence-corrected chi connectivity index (χ0v) is 17.1. The van der Waals surface area contributed by atoms with Crippen molar-refractivity contribution in [2.45, 2.75) is 13.0 Å². The van der Waals surface area contributed by atoms with Gasteiger partial charge in [0.05, 0.1) is 12.8 Å². The number of aryl methyl sites for hydroxylation is 1. The van der Waals surface area contributed by atoms with Gasteiger partial charge in [0, 0.05) is 57.1 Å². The number of nitrogens with one attached hydrogen (secondary N) is 1. The normalized spacial score (nSPS) is 19.7. The molecule has 9 heteroatoms. The van der Waals surface area contributed by atoms with E-state index in [1.165, 1.54) is 11.9 Å². The number of nitrogens with zero attached hydrogens (tertiary/aromatic N) is 4. The van der Waals surface area contributed by atoms with Gasteiger partial charge in [-0.2, -0.15) is 0 Å². The molecule has 1 unspecified atom stereocenters. The Morgan fingerprint density at radius 1 is 1.54 bits per heavy atom. The lowest BCUT2D eigenvalue weighted by Crippen LogP contribution is -2.41. The highest BCUT2D eigenvalue weighted by Gasteiger charge is 2.28. The Balaban J connectivity index is 1.87. The molecule has 24 heavy (non-hydrogen) atoms. The highest BCUT2D eigenvalue weighted by Crippen LogP contribution is 2.18. The van der Waals surface area contributed by atoms with Gasteiger partial charge >= 0.3 is 0 Å². The first kappa shape index (κ1) is 19.3. The van der Waals surface area contributed by atoms with Gasteiger partial charge < -0.3 is 14.8 Å². The average molecular weight is 420 g/mol. The summed E-state index contributed by atoms with van der Waals surface area (Å²) in [6.07, 6.45) is 4.18. The fraction of sp³-hybridized carbons (Fsp3) is 0.667. The number of guanidine groups is 1. The molecule has 0 bridgehead atoms. The molecule has 1 aromatic rings. The van der Waals surface area contributed by atoms with Gasteiger partial charge in [0.1, 0.15) is 0 Å². The second-order valence-corrected chi connectivity index (χ2v) is 9.22. The topological polar surface area (TPSA) is 69.9 Å². The number of aliphatic imine (C=N–C) groups is 1. The standard InChI is InChI=1S/C15H26BrN5O2S/c1-17-15(20(3)11-14-7-13(16)10-19(14)2)18-8-12-5-6-21(9-12)24(4,22)23/h7,10,12H,5-6,8-9,11H2,1-4H3,(H,17,18). The maximum atomic E-state index is 11.6. The predicted octanol–water partition coefficient (Wildman–Crippen LogP) is 1.08. The van der Waals surface area contributed by atoms with E-state index in [0.29, 0.717) is 19.0 Å². The van der Waals surface area contributed by atoms with Crippen LogP contribution in [0, 0.1) is 5.92 Å². The number of hydrogen-bond donors (Lipinski definition) is 1. The van der Waals surface area contributed by atoms with Gasteiger partial charge in [-0.1, -0.05) is 0 Å². The third kappa shape index (κ3) is 4.97. The molecule has 1 saturated heterocycles. The number of halogens is 1. The number of rotatable bonds is 5. The molecule has 2 rings (SSSR count). The summed E-state index contributed by atoms with van der Waals surface area (Å²) in [7, 11) is 2.69. The molecule has 1 fully saturated rings. The molecule has 1 aliphatic rings. The summed E-state index contributed by atoms with van der Waals surface area (Å²) < 4.78 is 27.9. The molecule has 1 N–H and O–H groups in total. The lowest BCUT2D eigenvalue weighted by atomic mass is 10.1. The van der Waals surface area contributed by atoms with Crippen LogP contribution in [0.25, 0.3) is 0 Å². The fourth-order valence-corrected chi connectivity index (χ4v) is 4.42. The van der Waals surface area contributed by atoms with E-state index < -0.39 is 10.0 Å². The van der Waals surface area contributed by atoms with Crippen LogP contribution in [-0.4, -0.2) is 68.1 Å². The van der Waals surface area contributed by atoms with Crippen molar-refractivity contribution in [3.63, 3.8) is 0 Å². The van der Waals surface area contributed by atoms with Crippen molar-refractivity contribution in [1.29, 1.82) is 0 Å². The van der Waals surface area contributed by atoms with Gasteiger partial charge in [0.25, 0.3) is 0 Å². The van der Waals surface area contributed by atoms with Crippen LogP contribution < -0.4 is 5.32 Å². The van der Waals surface area contributed by atoms with Crippen LogP contribution in [0.4, 0.5) is 0 Å². The Morgan fingerprint density at radius 3 is 2.75 bits per heavy atom. The molecule has 0 aromatic carbocycles. The van der Waals surface area contributed by atoms with E-state index in [1.807, 2.05) is 20.3 Å². The minimum absolute atomic E-state index is 0.314. The Kier molecular flexibility index (Phi) is 6.33. The van der Waals surface area contributed by atoms with Crippen molar-refractivity contribution in [2.24, 2.45) is 18.0 Å². The lowest BCUT2D eigenvalue weighted by molar-refractivity contribution is 0.437. The van der Waals surface area contributed by atoms with E-state index in [0.717, 1.165) is 29.9 Å². The maximum absolute atomic E-state index is 11.6. The summed E-state index contributed by atoms with van der Waals surface area (Å²) in [5.74, 6) is 1.12. The first-order valence-corrected chi connectivity index (χ1v) is 10.5. The van der Waals surface area contributed by atoms with Gasteiger partial charge in [-0.05, 0) is 34.3 Å². The van der Waals surface area contributed by atoms with Crippen LogP contribution in [0.5, 0.6) is 0 Å². The Hall–Kier alpha value is -1.06. The average Bonchev–Trinajstić information content (AvgIpc) is 3.06. The highest BCUT2D eigenvalue weighted by molar-refractivity contribution is 9.10. The Bertz CT molecular complexity index is 701. The van der Waals surface area contributed by atoms with Crippen molar-refractivity contribution in [3.05, 3.63) is 22.4 Å². The number of sulfonamides is 1. The van der Waals surface area contributed by atoms with Crippen molar-refractivity contribution in [3.8, 4) is 0 Å². The molecular formula is C15H26BrN5O2S. The zero-order chi connectivity index (χ0) is 17.9. The van der Waals surface area contributed by atoms with Crippen LogP contribution >= 0.6 is 15.9 Å². The first-order chi connectivity index (χ1) is 11.2. The van der Waals surface area contributed by atoms with Gasteiger partial charge in [0.15, 0.2) is 5.96 Å². The number of hydrogen-bond acceptors (Lipinski definition) is 3. The third-order valence-corrected chi connectivity index (χ3v) is 6.02. The molecular weight excluding hydrogens is 394 g/mol. The van der Waals surface area contributed by atoms with E-state index in [4.69, 9.17) is 0 Å². The van der Waals surface area contributed by atoms with Gasteiger partial charge in [-0.15, -0.1) is 0 Å². The van der Waals surface area contributed by atoms with E-state index in [-0.39, 0.29) is 0 Å². The molecule has 0 amide bonds. The summed E-state index contributed by atoms with van der Waals surface area (Å²) in [6, 6.07) is 2.09. The molecule has 0 spiro atoms. The molecule has 136 valence electrons. The summed E-state index contributed by atoms with van der Waals surface area (Å²) in [6.45, 7) is 2.65. The second-order valence-electron chi connectivity index (χ2n) is 6.32. The highest BCUT2D eigenvalue weighted by atomic mass is 79.9. The van der Waals surface area contributed by atoms with Crippen LogP contribution in [0.1, 0.15) is 12.1 Å². The van der Waals surface area contributed by atoms with Crippen molar-refractivity contribution in [2.75, 3.05) is 40.0 Å². The molecule has 0 aliphatic carbocycles. The third-order valence-electron chi connectivity index (χ3n) is 4.31. The zero-order valence-electron chi connectivity index (χ0n) is 14.7.